The van der Waals surface area contributed by atoms with Crippen LogP contribution in [0.2, 0.25) is 0 Å². The van der Waals surface area contributed by atoms with Gasteiger partial charge >= 0.3 is 0 Å². The van der Waals surface area contributed by atoms with Crippen molar-refractivity contribution in [1.82, 2.24) is 19.7 Å². The summed E-state index contributed by atoms with van der Waals surface area (Å²) in [5.74, 6) is -0.148. The van der Waals surface area contributed by atoms with Crippen LogP contribution in [0.5, 0.6) is 5.75 Å². The summed E-state index contributed by atoms with van der Waals surface area (Å²) in [6.07, 6.45) is 1.71. The van der Waals surface area contributed by atoms with Crippen LogP contribution in [-0.4, -0.2) is 45.1 Å². The summed E-state index contributed by atoms with van der Waals surface area (Å²) in [5.41, 5.74) is 4.74. The van der Waals surface area contributed by atoms with E-state index >= 15 is 0 Å². The second-order valence-corrected chi connectivity index (χ2v) is 9.31. The molecular formula is C28H28FN5O3. The minimum Gasteiger partial charge on any atom is -0.496 e. The van der Waals surface area contributed by atoms with E-state index in [-0.39, 0.29) is 35.8 Å². The molecule has 4 aromatic rings. The van der Waals surface area contributed by atoms with Crippen LogP contribution in [0, 0.1) is 12.7 Å². The van der Waals surface area contributed by atoms with Crippen LogP contribution in [0.15, 0.2) is 60.8 Å². The number of hydrogen-bond donors (Lipinski definition) is 2. The van der Waals surface area contributed by atoms with Crippen LogP contribution in [-0.2, 0) is 13.1 Å². The average Bonchev–Trinajstić information content (AvgIpc) is 3.54. The Hall–Kier alpha value is -4.40. The number of nitrogens with zero attached hydrogens (tertiary/aromatic N) is 3. The molecule has 1 aliphatic heterocycles. The summed E-state index contributed by atoms with van der Waals surface area (Å²) >= 11 is 0. The summed E-state index contributed by atoms with van der Waals surface area (Å²) in [5, 5.41) is 7.65. The van der Waals surface area contributed by atoms with E-state index in [2.05, 4.69) is 10.3 Å². The zero-order valence-electron chi connectivity index (χ0n) is 20.9. The van der Waals surface area contributed by atoms with Gasteiger partial charge in [-0.1, -0.05) is 19.1 Å². The molecule has 0 saturated heterocycles. The molecule has 190 valence electrons. The van der Waals surface area contributed by atoms with E-state index in [1.165, 1.54) is 12.1 Å². The first-order chi connectivity index (χ1) is 17.8. The highest BCUT2D eigenvalue weighted by molar-refractivity contribution is 6.04. The maximum atomic E-state index is 13.5. The van der Waals surface area contributed by atoms with Crippen LogP contribution in [0.25, 0.3) is 0 Å². The van der Waals surface area contributed by atoms with Gasteiger partial charge in [0, 0.05) is 35.6 Å². The summed E-state index contributed by atoms with van der Waals surface area (Å²) in [6.45, 7) is 5.04. The first-order valence-electron chi connectivity index (χ1n) is 12.1. The molecule has 0 spiro atoms. The second kappa shape index (κ2) is 9.93. The van der Waals surface area contributed by atoms with Crippen molar-refractivity contribution in [3.05, 3.63) is 100 Å². The fourth-order valence-electron chi connectivity index (χ4n) is 4.89. The largest absolute Gasteiger partial charge is 0.496 e. The lowest BCUT2D eigenvalue weighted by molar-refractivity contribution is 0.0711. The molecule has 2 aromatic heterocycles. The summed E-state index contributed by atoms with van der Waals surface area (Å²) in [4.78, 5) is 31.3. The van der Waals surface area contributed by atoms with Crippen LogP contribution >= 0.6 is 0 Å². The number of aryl methyl sites for hydroxylation is 1. The van der Waals surface area contributed by atoms with Gasteiger partial charge in [0.2, 0.25) is 0 Å². The van der Waals surface area contributed by atoms with E-state index in [1.807, 2.05) is 19.9 Å². The van der Waals surface area contributed by atoms with Gasteiger partial charge in [0.25, 0.3) is 11.8 Å². The molecule has 9 heteroatoms. The number of carbonyl (C=O) groups is 2. The number of aromatic amines is 1. The number of amides is 2. The van der Waals surface area contributed by atoms with Crippen molar-refractivity contribution in [2.45, 2.75) is 32.9 Å². The van der Waals surface area contributed by atoms with Crippen molar-refractivity contribution in [3.63, 3.8) is 0 Å². The molecule has 0 fully saturated rings. The van der Waals surface area contributed by atoms with Crippen LogP contribution in [0.1, 0.15) is 56.2 Å². The first kappa shape index (κ1) is 24.3. The highest BCUT2D eigenvalue weighted by Gasteiger charge is 2.34. The van der Waals surface area contributed by atoms with E-state index in [4.69, 9.17) is 9.84 Å². The predicted octanol–water partition coefficient (Wildman–Crippen LogP) is 4.73. The van der Waals surface area contributed by atoms with E-state index < -0.39 is 0 Å². The number of anilines is 1. The van der Waals surface area contributed by atoms with Crippen LogP contribution in [0.4, 0.5) is 10.1 Å². The van der Waals surface area contributed by atoms with Crippen LogP contribution in [0.3, 0.4) is 0 Å². The lowest BCUT2D eigenvalue weighted by atomic mass is 9.95. The van der Waals surface area contributed by atoms with E-state index in [1.54, 1.807) is 59.3 Å². The molecule has 5 rings (SSSR count). The number of rotatable bonds is 6. The molecule has 2 amide bonds. The fraction of sp³-hybridized carbons (Fsp3) is 0.250. The number of aromatic nitrogens is 3. The topological polar surface area (TPSA) is 92.2 Å². The Bertz CT molecular complexity index is 1440. The molecule has 2 aromatic carbocycles. The molecular weight excluding hydrogens is 473 g/mol. The predicted molar refractivity (Wildman–Crippen MR) is 137 cm³/mol. The second-order valence-electron chi connectivity index (χ2n) is 9.31. The number of fused-ring (bicyclic) bond motifs is 1. The maximum Gasteiger partial charge on any atom is 0.276 e. The minimum absolute atomic E-state index is 0.0691. The molecule has 0 saturated carbocycles. The van der Waals surface area contributed by atoms with E-state index in [0.717, 1.165) is 22.6 Å². The smallest absolute Gasteiger partial charge is 0.276 e. The average molecular weight is 502 g/mol. The Morgan fingerprint density at radius 3 is 2.65 bits per heavy atom. The number of H-pyrrole nitrogens is 1. The van der Waals surface area contributed by atoms with Crippen molar-refractivity contribution in [3.8, 4) is 5.75 Å². The molecule has 1 aliphatic rings. The Morgan fingerprint density at radius 2 is 1.97 bits per heavy atom. The molecule has 0 bridgehead atoms. The number of halogens is 1. The third-order valence-electron chi connectivity index (χ3n) is 6.63. The molecule has 1 atom stereocenters. The van der Waals surface area contributed by atoms with Crippen molar-refractivity contribution in [2.24, 2.45) is 0 Å². The maximum absolute atomic E-state index is 13.5. The molecule has 1 unspecified atom stereocenters. The quantitative estimate of drug-likeness (QED) is 0.400. The first-order valence-corrected chi connectivity index (χ1v) is 12.1. The third-order valence-corrected chi connectivity index (χ3v) is 6.63. The number of nitrogens with one attached hydrogen (secondary N) is 2. The van der Waals surface area contributed by atoms with Gasteiger partial charge in [-0.2, -0.15) is 5.10 Å². The Labute approximate surface area is 214 Å². The van der Waals surface area contributed by atoms with Gasteiger partial charge in [0.15, 0.2) is 5.69 Å². The molecule has 3 heterocycles. The molecule has 0 aliphatic carbocycles. The zero-order valence-corrected chi connectivity index (χ0v) is 20.9. The molecule has 8 nitrogen and oxygen atoms in total. The van der Waals surface area contributed by atoms with Gasteiger partial charge in [-0.05, 0) is 60.5 Å². The van der Waals surface area contributed by atoms with E-state index in [0.29, 0.717) is 30.0 Å². The van der Waals surface area contributed by atoms with Crippen molar-refractivity contribution in [2.75, 3.05) is 19.0 Å². The lowest BCUT2D eigenvalue weighted by Crippen LogP contribution is -2.38. The van der Waals surface area contributed by atoms with Crippen molar-refractivity contribution >= 4 is 17.5 Å². The lowest BCUT2D eigenvalue weighted by Gasteiger charge is -2.32. The van der Waals surface area contributed by atoms with Crippen molar-refractivity contribution in [1.29, 1.82) is 0 Å². The molecule has 37 heavy (non-hydrogen) atoms. The monoisotopic (exact) mass is 501 g/mol. The summed E-state index contributed by atoms with van der Waals surface area (Å²) in [6, 6.07) is 15.2. The highest BCUT2D eigenvalue weighted by atomic mass is 19.1. The van der Waals surface area contributed by atoms with Crippen molar-refractivity contribution < 1.29 is 18.7 Å². The van der Waals surface area contributed by atoms with Gasteiger partial charge in [-0.25, -0.2) is 4.39 Å². The Morgan fingerprint density at radius 1 is 1.19 bits per heavy atom. The number of methoxy groups -OCH3 is 1. The highest BCUT2D eigenvalue weighted by Crippen LogP contribution is 2.32. The zero-order chi connectivity index (χ0) is 26.1. The van der Waals surface area contributed by atoms with Gasteiger partial charge in [-0.15, -0.1) is 0 Å². The van der Waals surface area contributed by atoms with Gasteiger partial charge < -0.3 is 19.9 Å². The number of ether oxygens (including phenoxy) is 1. The molecule has 0 radical (unpaired) electrons. The number of carbonyl (C=O) groups excluding carboxylic acids is 2. The summed E-state index contributed by atoms with van der Waals surface area (Å²) in [7, 11) is 1.60. The number of hydrogen-bond acceptors (Lipinski definition) is 4. The fourth-order valence-corrected chi connectivity index (χ4v) is 4.89. The van der Waals surface area contributed by atoms with E-state index in [9.17, 15) is 14.0 Å². The van der Waals surface area contributed by atoms with Gasteiger partial charge in [0.1, 0.15) is 17.3 Å². The summed E-state index contributed by atoms with van der Waals surface area (Å²) < 4.78 is 20.6. The normalized spacial score (nSPS) is 14.8. The number of benzene rings is 2. The van der Waals surface area contributed by atoms with Crippen LogP contribution < -0.4 is 10.1 Å². The van der Waals surface area contributed by atoms with Gasteiger partial charge in [-0.3, -0.25) is 14.3 Å². The van der Waals surface area contributed by atoms with Gasteiger partial charge in [0.05, 0.1) is 20.2 Å². The SMILES string of the molecule is COc1ccc(NC(=O)c2nn(Cc3ccc(F)cc3)c3c2CN(C(=O)c2ccc[nH]2)CC3C)cc1C. The minimum atomic E-state index is -0.361. The molecule has 2 N–H and O–H groups in total. The Balaban J connectivity index is 1.51. The third kappa shape index (κ3) is 4.84. The Kier molecular flexibility index (Phi) is 6.52. The standard InChI is InChI=1S/C28H28FN5O3/c1-17-13-21(10-11-24(17)37-3)31-27(35)25-22-16-33(28(36)23-5-4-12-30-23)14-18(2)26(22)34(32-25)15-19-6-8-20(29)9-7-19/h4-13,18,30H,14-16H2,1-3H3,(H,31,35).